The molecule has 7 heteroatoms. The molecule has 0 unspecified atom stereocenters. The molecule has 2 aromatic carbocycles. The fraction of sp³-hybridized carbons (Fsp3) is 0.286. The highest BCUT2D eigenvalue weighted by Crippen LogP contribution is 2.44. The Kier molecular flexibility index (Phi) is 4.73. The van der Waals surface area contributed by atoms with Crippen molar-refractivity contribution in [3.8, 4) is 11.5 Å². The summed E-state index contributed by atoms with van der Waals surface area (Å²) in [4.78, 5) is 17.4. The summed E-state index contributed by atoms with van der Waals surface area (Å²) in [5.41, 5.74) is 2.13. The highest BCUT2D eigenvalue weighted by molar-refractivity contribution is 5.99. The molecule has 28 heavy (non-hydrogen) atoms. The third kappa shape index (κ3) is 2.98. The number of pyridine rings is 1. The minimum Gasteiger partial charge on any atom is -0.497 e. The Hall–Kier alpha value is -3.35. The van der Waals surface area contributed by atoms with Gasteiger partial charge in [0.25, 0.3) is 5.69 Å². The van der Waals surface area contributed by atoms with Gasteiger partial charge in [0, 0.05) is 47.7 Å². The van der Waals surface area contributed by atoms with Crippen molar-refractivity contribution in [3.05, 3.63) is 64.5 Å². The Morgan fingerprint density at radius 1 is 1.14 bits per heavy atom. The summed E-state index contributed by atoms with van der Waals surface area (Å²) in [6, 6.07) is 11.2. The number of nitro groups is 1. The van der Waals surface area contributed by atoms with Crippen LogP contribution >= 0.6 is 0 Å². The molecule has 1 saturated heterocycles. The third-order valence-electron chi connectivity index (χ3n) is 5.33. The van der Waals surface area contributed by atoms with Gasteiger partial charge in [-0.2, -0.15) is 0 Å². The fourth-order valence-electron chi connectivity index (χ4n) is 4.04. The number of non-ortho nitro benzene ring substituents is 1. The van der Waals surface area contributed by atoms with E-state index in [0.717, 1.165) is 47.5 Å². The van der Waals surface area contributed by atoms with Crippen LogP contribution in [0.4, 0.5) is 11.4 Å². The molecule has 1 aliphatic rings. The van der Waals surface area contributed by atoms with Crippen LogP contribution in [0.25, 0.3) is 10.8 Å². The molecule has 3 aromatic rings. The molecule has 1 atom stereocenters. The van der Waals surface area contributed by atoms with Crippen molar-refractivity contribution >= 4 is 22.1 Å². The van der Waals surface area contributed by atoms with Gasteiger partial charge in [0.05, 0.1) is 30.6 Å². The van der Waals surface area contributed by atoms with E-state index in [9.17, 15) is 10.1 Å². The lowest BCUT2D eigenvalue weighted by Gasteiger charge is -2.29. The van der Waals surface area contributed by atoms with Crippen LogP contribution in [0.1, 0.15) is 24.4 Å². The second-order valence-corrected chi connectivity index (χ2v) is 6.74. The first-order chi connectivity index (χ1) is 13.6. The first-order valence-electron chi connectivity index (χ1n) is 9.13. The van der Waals surface area contributed by atoms with Gasteiger partial charge >= 0.3 is 0 Å². The predicted octanol–water partition coefficient (Wildman–Crippen LogP) is 4.50. The number of hydrogen-bond acceptors (Lipinski definition) is 6. The number of anilines is 1. The molecule has 7 nitrogen and oxygen atoms in total. The lowest BCUT2D eigenvalue weighted by atomic mass is 10.0. The fourth-order valence-corrected chi connectivity index (χ4v) is 4.04. The van der Waals surface area contributed by atoms with Crippen molar-refractivity contribution in [2.45, 2.75) is 18.9 Å². The maximum absolute atomic E-state index is 11.4. The molecule has 0 radical (unpaired) electrons. The van der Waals surface area contributed by atoms with Crippen LogP contribution in [-0.2, 0) is 0 Å². The zero-order valence-corrected chi connectivity index (χ0v) is 15.8. The van der Waals surface area contributed by atoms with E-state index in [1.165, 1.54) is 0 Å². The van der Waals surface area contributed by atoms with Crippen molar-refractivity contribution in [1.29, 1.82) is 0 Å². The van der Waals surface area contributed by atoms with E-state index in [0.29, 0.717) is 5.39 Å². The number of benzene rings is 2. The Balaban J connectivity index is 1.82. The lowest BCUT2D eigenvalue weighted by Crippen LogP contribution is -2.23. The summed E-state index contributed by atoms with van der Waals surface area (Å²) < 4.78 is 10.9. The Bertz CT molecular complexity index is 1040. The first-order valence-corrected chi connectivity index (χ1v) is 9.13. The minimum absolute atomic E-state index is 0.0737. The maximum atomic E-state index is 11.4. The number of rotatable bonds is 5. The van der Waals surface area contributed by atoms with E-state index in [1.54, 1.807) is 32.7 Å². The van der Waals surface area contributed by atoms with Crippen LogP contribution in [0.5, 0.6) is 11.5 Å². The first kappa shape index (κ1) is 18.0. The Morgan fingerprint density at radius 3 is 2.75 bits per heavy atom. The zero-order chi connectivity index (χ0) is 19.7. The average Bonchev–Trinajstić information content (AvgIpc) is 3.21. The molecule has 0 amide bonds. The van der Waals surface area contributed by atoms with Crippen molar-refractivity contribution in [2.24, 2.45) is 0 Å². The largest absolute Gasteiger partial charge is 0.497 e. The van der Waals surface area contributed by atoms with E-state index >= 15 is 0 Å². The number of hydrogen-bond donors (Lipinski definition) is 0. The number of methoxy groups -OCH3 is 2. The lowest BCUT2D eigenvalue weighted by molar-refractivity contribution is -0.383. The van der Waals surface area contributed by atoms with Crippen LogP contribution in [0.15, 0.2) is 48.8 Å². The molecule has 144 valence electrons. The van der Waals surface area contributed by atoms with Crippen LogP contribution in [0.3, 0.4) is 0 Å². The van der Waals surface area contributed by atoms with Gasteiger partial charge in [0.15, 0.2) is 0 Å². The van der Waals surface area contributed by atoms with Crippen molar-refractivity contribution in [2.75, 3.05) is 25.7 Å². The van der Waals surface area contributed by atoms with Crippen LogP contribution in [0, 0.1) is 10.1 Å². The molecule has 1 fully saturated rings. The molecule has 4 rings (SSSR count). The second-order valence-electron chi connectivity index (χ2n) is 6.74. The molecule has 0 bridgehead atoms. The van der Waals surface area contributed by atoms with Gasteiger partial charge < -0.3 is 14.4 Å². The minimum atomic E-state index is -0.359. The summed E-state index contributed by atoms with van der Waals surface area (Å²) >= 11 is 0. The van der Waals surface area contributed by atoms with E-state index in [2.05, 4.69) is 9.88 Å². The van der Waals surface area contributed by atoms with Gasteiger partial charge in [-0.1, -0.05) is 0 Å². The van der Waals surface area contributed by atoms with E-state index in [1.807, 2.05) is 30.3 Å². The van der Waals surface area contributed by atoms with E-state index in [4.69, 9.17) is 9.47 Å². The monoisotopic (exact) mass is 379 g/mol. The van der Waals surface area contributed by atoms with E-state index < -0.39 is 0 Å². The smallest absolute Gasteiger partial charge is 0.278 e. The Labute approximate surface area is 162 Å². The SMILES string of the molecule is COc1ccc([C@H]2CCCN2c2ccc([N+](=O)[O-])c3cnccc23)c(OC)c1. The van der Waals surface area contributed by atoms with Crippen LogP contribution < -0.4 is 14.4 Å². The molecule has 2 heterocycles. The molecule has 1 aromatic heterocycles. The number of nitrogens with zero attached hydrogens (tertiary/aromatic N) is 3. The van der Waals surface area contributed by atoms with Gasteiger partial charge in [-0.25, -0.2) is 0 Å². The van der Waals surface area contributed by atoms with Crippen molar-refractivity contribution in [3.63, 3.8) is 0 Å². The second kappa shape index (κ2) is 7.34. The molecule has 0 saturated carbocycles. The summed E-state index contributed by atoms with van der Waals surface area (Å²) in [7, 11) is 3.29. The van der Waals surface area contributed by atoms with Gasteiger partial charge in [0.1, 0.15) is 11.5 Å². The summed E-state index contributed by atoms with van der Waals surface area (Å²) in [6.07, 6.45) is 5.25. The third-order valence-corrected chi connectivity index (χ3v) is 5.33. The van der Waals surface area contributed by atoms with Gasteiger partial charge in [0.2, 0.25) is 0 Å². The average molecular weight is 379 g/mol. The van der Waals surface area contributed by atoms with Gasteiger partial charge in [-0.05, 0) is 37.1 Å². The number of nitro benzene ring substituents is 1. The number of ether oxygens (including phenoxy) is 2. The topological polar surface area (TPSA) is 77.7 Å². The molecule has 0 spiro atoms. The zero-order valence-electron chi connectivity index (χ0n) is 15.8. The summed E-state index contributed by atoms with van der Waals surface area (Å²) in [5.74, 6) is 1.53. The summed E-state index contributed by atoms with van der Waals surface area (Å²) in [5, 5.41) is 12.8. The molecular formula is C21H21N3O4. The number of aromatic nitrogens is 1. The Morgan fingerprint density at radius 2 is 2.00 bits per heavy atom. The quantitative estimate of drug-likeness (QED) is 0.480. The van der Waals surface area contributed by atoms with E-state index in [-0.39, 0.29) is 16.7 Å². The highest BCUT2D eigenvalue weighted by atomic mass is 16.6. The number of fused-ring (bicyclic) bond motifs is 1. The normalized spacial score (nSPS) is 16.4. The highest BCUT2D eigenvalue weighted by Gasteiger charge is 2.30. The van der Waals surface area contributed by atoms with Crippen molar-refractivity contribution < 1.29 is 14.4 Å². The maximum Gasteiger partial charge on any atom is 0.278 e. The molecule has 1 aliphatic heterocycles. The van der Waals surface area contributed by atoms with Crippen LogP contribution in [-0.4, -0.2) is 30.7 Å². The molecule has 0 N–H and O–H groups in total. The summed E-state index contributed by atoms with van der Waals surface area (Å²) in [6.45, 7) is 0.870. The standard InChI is InChI=1S/C21H21N3O4/c1-27-14-5-6-16(21(12-14)28-2)18-4-3-11-23(18)19-7-8-20(24(25)26)17-13-22-10-9-15(17)19/h5-10,12-13,18H,3-4,11H2,1-2H3/t18-/m1/s1. The van der Waals surface area contributed by atoms with Gasteiger partial charge in [-0.3, -0.25) is 15.1 Å². The van der Waals surface area contributed by atoms with Crippen molar-refractivity contribution in [1.82, 2.24) is 4.98 Å². The molecular weight excluding hydrogens is 358 g/mol. The predicted molar refractivity (Wildman–Crippen MR) is 107 cm³/mol. The van der Waals surface area contributed by atoms with Gasteiger partial charge in [-0.15, -0.1) is 0 Å². The van der Waals surface area contributed by atoms with Crippen LogP contribution in [0.2, 0.25) is 0 Å². The molecule has 0 aliphatic carbocycles.